The second-order valence-electron chi connectivity index (χ2n) is 38.7. The van der Waals surface area contributed by atoms with Crippen LogP contribution in [0.1, 0.15) is 197 Å². The number of hydrogen-bond donors (Lipinski definition) is 0. The average Bonchev–Trinajstić information content (AvgIpc) is 0.815. The molecule has 12 aromatic heterocycles. The van der Waals surface area contributed by atoms with Crippen LogP contribution in [0.4, 0.5) is 0 Å². The van der Waals surface area contributed by atoms with Crippen LogP contribution in [0.5, 0.6) is 0 Å². The summed E-state index contributed by atoms with van der Waals surface area (Å²) >= 11 is 0. The van der Waals surface area contributed by atoms with Crippen LogP contribution < -0.4 is 15.6 Å². The van der Waals surface area contributed by atoms with Gasteiger partial charge in [-0.3, -0.25) is 0 Å². The second kappa shape index (κ2) is 46.6. The van der Waals surface area contributed by atoms with Gasteiger partial charge < -0.3 is 43.2 Å². The number of hydrogen-bond acceptors (Lipinski definition) is 12. The van der Waals surface area contributed by atoms with E-state index in [4.69, 9.17) is 55.7 Å². The Balaban J connectivity index is 0.000000204. The molecule has 0 fully saturated rings. The first kappa shape index (κ1) is 72.0. The number of fused-ring (bicyclic) bond motifs is 9. The van der Waals surface area contributed by atoms with Crippen LogP contribution in [0.3, 0.4) is 0 Å². The molecule has 3 radical (unpaired) electrons. The molecule has 18 heteroatoms. The molecule has 0 N–H and O–H groups in total. The van der Waals surface area contributed by atoms with Crippen molar-refractivity contribution >= 4 is 106 Å². The molecule has 12 heterocycles. The van der Waals surface area contributed by atoms with E-state index in [2.05, 4.69) is 140 Å². The summed E-state index contributed by atoms with van der Waals surface area (Å²) in [7, 11) is -5.18. The van der Waals surface area contributed by atoms with Crippen molar-refractivity contribution in [3.63, 3.8) is 0 Å². The molecular weight excluding hydrogens is 2260 g/mol. The third-order valence-electron chi connectivity index (χ3n) is 20.7. The van der Waals surface area contributed by atoms with Gasteiger partial charge in [0.25, 0.3) is 0 Å². The molecule has 137 heavy (non-hydrogen) atoms. The number of nitrogens with zero attached hydrogens (tertiary/aromatic N) is 9. The summed E-state index contributed by atoms with van der Waals surface area (Å²) in [5, 5.41) is 7.17. The minimum Gasteiger partial charge on any atom is -0.486 e. The van der Waals surface area contributed by atoms with E-state index in [1.54, 1.807) is 85.3 Å². The van der Waals surface area contributed by atoms with E-state index < -0.39 is 119 Å². The Morgan fingerprint density at radius 2 is 0.723 bits per heavy atom. The largest absolute Gasteiger partial charge is 0.486 e. The summed E-state index contributed by atoms with van der Waals surface area (Å²) in [6.07, 6.45) is 2.58. The predicted molar refractivity (Wildman–Crippen MR) is 570 cm³/mol. The van der Waals surface area contributed by atoms with Crippen molar-refractivity contribution in [1.29, 1.82) is 0 Å². The van der Waals surface area contributed by atoms with E-state index in [0.29, 0.717) is 94.3 Å². The van der Waals surface area contributed by atoms with Gasteiger partial charge in [0.05, 0.1) is 41.0 Å². The number of aryl methyl sites for hydroxylation is 3. The van der Waals surface area contributed by atoms with Crippen LogP contribution in [0.15, 0.2) is 251 Å². The van der Waals surface area contributed by atoms with E-state index >= 15 is 0 Å². The van der Waals surface area contributed by atoms with Gasteiger partial charge in [0, 0.05) is 172 Å². The summed E-state index contributed by atoms with van der Waals surface area (Å²) in [4.78, 5) is 39.0. The van der Waals surface area contributed by atoms with Crippen molar-refractivity contribution in [2.75, 3.05) is 0 Å². The van der Waals surface area contributed by atoms with Crippen LogP contribution in [-0.2, 0) is 97.6 Å². The van der Waals surface area contributed by atoms with E-state index in [1.807, 2.05) is 168 Å². The molecular formula is C119H133Ir3N9O3Si3-6. The quantitative estimate of drug-likeness (QED) is 0.0629. The van der Waals surface area contributed by atoms with Crippen LogP contribution >= 0.6 is 0 Å². The van der Waals surface area contributed by atoms with Crippen LogP contribution in [0.25, 0.3) is 134 Å². The number of pyridine rings is 9. The van der Waals surface area contributed by atoms with Gasteiger partial charge in [0.15, 0.2) is 0 Å². The van der Waals surface area contributed by atoms with E-state index in [-0.39, 0.29) is 136 Å². The van der Waals surface area contributed by atoms with Gasteiger partial charge >= 0.3 is 0 Å². The van der Waals surface area contributed by atoms with Crippen molar-refractivity contribution in [1.82, 2.24) is 44.9 Å². The second-order valence-corrected chi connectivity index (χ2v) is 53.9. The Kier molecular flexibility index (Phi) is 24.5. The van der Waals surface area contributed by atoms with Gasteiger partial charge in [0.2, 0.25) is 17.1 Å². The molecule has 0 atom stereocenters. The Bertz CT molecular complexity index is 8510. The number of furan rings is 3. The first-order valence-corrected chi connectivity index (χ1v) is 54.9. The first-order valence-electron chi connectivity index (χ1n) is 59.9. The summed E-state index contributed by atoms with van der Waals surface area (Å²) in [6.45, 7) is 25.4. The van der Waals surface area contributed by atoms with Gasteiger partial charge in [0.1, 0.15) is 0 Å². The van der Waals surface area contributed by atoms with Gasteiger partial charge in [-0.1, -0.05) is 243 Å². The molecule has 0 aliphatic carbocycles. The number of aromatic nitrogens is 9. The Labute approximate surface area is 902 Å². The fourth-order valence-electron chi connectivity index (χ4n) is 14.6. The SMILES string of the molecule is [2H]C([2H])([2H])c1ccc2c(n1)oc1c[c-]c(-c3cc(C(C([2H])([2H])[2H])(C([2H])([2H])[2H])C([2H])([2H])[2H])ccn3)cc12.[2H]C([2H])([2H])c1ccc2c(n1)oc1c[c-]c(-c3cc(C([2H])([2H])C(C)(C)C)ccn3)cc12.[2H]C([2H])([2H])c1ccc2c(n1)oc1c[c-]c(-c3cc(C([2H])([2H])C(C)C)ccn3)cc12.[2H]C([2H])(c1cc(-c2[c-]cccc2)ncc1[Si](C)(C)C)C(C)(C)C.[2H]C([2H])(c1cc(-c2[c-]cccc2)ncc1[Si](C)(C)C)C(C)C.[2H]c1[c-]c(-c2cc(C([2H])([2H])C(C)C)c([Si](C)(C)C)cn2)cc([2H])c1[2H].[Ir].[Ir].[Ir]. The summed E-state index contributed by atoms with van der Waals surface area (Å²) in [5.41, 5.74) is 7.90. The summed E-state index contributed by atoms with van der Waals surface area (Å²) in [5.74, 6) is -0.464. The molecule has 0 amide bonds. The zero-order valence-corrected chi connectivity index (χ0v) is 91.0. The monoisotopic (exact) mass is 2430 g/mol. The van der Waals surface area contributed by atoms with Crippen LogP contribution in [-0.4, -0.2) is 69.1 Å². The average molecular weight is 2430 g/mol. The van der Waals surface area contributed by atoms with Gasteiger partial charge in [-0.25, -0.2) is 15.0 Å². The molecule has 0 aliphatic rings. The molecule has 0 unspecified atom stereocenters. The van der Waals surface area contributed by atoms with E-state index in [0.717, 1.165) is 78.3 Å². The van der Waals surface area contributed by atoms with E-state index in [9.17, 15) is 0 Å². The normalized spacial score (nSPS) is 16.2. The summed E-state index contributed by atoms with van der Waals surface area (Å²) in [6, 6.07) is 68.9. The number of benzene rings is 6. The Morgan fingerprint density at radius 3 is 1.09 bits per heavy atom. The molecule has 12 nitrogen and oxygen atoms in total. The molecule has 6 aromatic carbocycles. The maximum Gasteiger partial charge on any atom is 0.216 e. The third-order valence-corrected chi connectivity index (χ3v) is 26.7. The van der Waals surface area contributed by atoms with Crippen molar-refractivity contribution in [2.24, 2.45) is 28.6 Å². The first-order chi connectivity index (χ1) is 75.8. The molecule has 0 saturated heterocycles. The zero-order chi connectivity index (χ0) is 123. The van der Waals surface area contributed by atoms with Gasteiger partial charge in [-0.05, 0) is 198 Å². The molecule has 717 valence electrons. The topological polar surface area (TPSA) is 155 Å². The Hall–Kier alpha value is -10.3. The fourth-order valence-corrected chi connectivity index (χ4v) is 18.8. The molecule has 0 aliphatic heterocycles. The third kappa shape index (κ3) is 29.6. The standard InChI is InChI=1S/C22H21N2O.2C21H19N2O.C19H26NSi.2C18H24NSi.3Ir/c1-14-5-7-17-18-12-16(6-8-20(18)25-21(17)24-14)19-11-15(9-10-23-19)13-22(2,3)4;1-13-5-7-16-17-11-14(6-8-19(17)24-20(16)23-13)18-12-15(9-10-22-18)21(2,3)4;1-13(2)10-15-8-9-22-19(11-15)16-5-7-20-18(12-16)17-6-4-14(3)23-21(17)24-20;1-19(2,3)13-16-12-17(15-10-8-7-9-11-15)20-14-18(16)21(4,5)6;2*1-14(2)11-16-12-17(15-9-7-6-8-10-15)19-13-18(16)20(3,4)5;;;/h5,7-12H,13H2,1-4H3;5,7-12H,1-4H3;4,6-9,11-13H,10H2,1-3H3;7-10,12,14H,13H2,1-6H3;2*6-9,12-14H,11H2,1-5H3;;;/q6*-1;;;/i1D3,13D2;1D3,2D3,3D3,4D3;3D3,10D2;13D2;6D,7D,8D,11D2;11D2;;;. The molecule has 18 rings (SSSR count). The molecule has 0 bridgehead atoms. The maximum atomic E-state index is 8.75. The van der Waals surface area contributed by atoms with Gasteiger partial charge in [-0.2, -0.15) is 0 Å². The predicted octanol–water partition coefficient (Wildman–Crippen LogP) is 29.8. The van der Waals surface area contributed by atoms with Gasteiger partial charge in [-0.15, -0.1) is 179 Å². The maximum absolute atomic E-state index is 8.75. The van der Waals surface area contributed by atoms with Crippen molar-refractivity contribution in [3.8, 4) is 67.5 Å². The zero-order valence-electron chi connectivity index (χ0n) is 112. The fraction of sp³-hybridized carbons (Fsp3) is 0.319. The molecule has 0 saturated carbocycles. The number of rotatable bonds is 17. The van der Waals surface area contributed by atoms with Crippen molar-refractivity contribution in [3.05, 3.63) is 324 Å². The molecule has 18 aromatic rings. The van der Waals surface area contributed by atoms with Crippen molar-refractivity contribution in [2.45, 2.75) is 220 Å². The smallest absolute Gasteiger partial charge is 0.216 e. The minimum absolute atomic E-state index is 0. The molecule has 0 spiro atoms. The summed E-state index contributed by atoms with van der Waals surface area (Å²) < 4.78 is 265. The van der Waals surface area contributed by atoms with E-state index in [1.165, 1.54) is 30.3 Å². The van der Waals surface area contributed by atoms with Crippen molar-refractivity contribution < 1.29 is 116 Å². The Morgan fingerprint density at radius 1 is 0.358 bits per heavy atom. The minimum atomic E-state index is -3.40. The van der Waals surface area contributed by atoms with Crippen LogP contribution in [0, 0.1) is 85.5 Å². The van der Waals surface area contributed by atoms with Crippen LogP contribution in [0.2, 0.25) is 58.9 Å².